The highest BCUT2D eigenvalue weighted by Crippen LogP contribution is 2.22. The highest BCUT2D eigenvalue weighted by atomic mass is 16.5. The van der Waals surface area contributed by atoms with Crippen LogP contribution in [0.1, 0.15) is 24.0 Å². The van der Waals surface area contributed by atoms with Crippen molar-refractivity contribution in [2.75, 3.05) is 13.7 Å². The molecule has 1 saturated heterocycles. The SMILES string of the molecule is COc1ccccc1CN1C(=O)N[C@@H](CCC(=O)NCCc2c[nH]c3ccccc23)C1=O. The number of rotatable bonds is 9. The third-order valence-corrected chi connectivity index (χ3v) is 5.68. The van der Waals surface area contributed by atoms with Crippen molar-refractivity contribution >= 4 is 28.7 Å². The summed E-state index contributed by atoms with van der Waals surface area (Å²) >= 11 is 0. The number of nitrogens with one attached hydrogen (secondary N) is 3. The first-order chi connectivity index (χ1) is 15.6. The molecule has 1 aromatic heterocycles. The van der Waals surface area contributed by atoms with Crippen LogP contribution in [0.25, 0.3) is 10.9 Å². The number of hydrogen-bond donors (Lipinski definition) is 3. The fourth-order valence-corrected chi connectivity index (χ4v) is 3.97. The smallest absolute Gasteiger partial charge is 0.325 e. The number of amides is 4. The van der Waals surface area contributed by atoms with E-state index in [0.717, 1.165) is 26.9 Å². The third kappa shape index (κ3) is 4.59. The minimum absolute atomic E-state index is 0.127. The maximum Gasteiger partial charge on any atom is 0.325 e. The predicted molar refractivity (Wildman–Crippen MR) is 120 cm³/mol. The van der Waals surface area contributed by atoms with E-state index in [4.69, 9.17) is 4.74 Å². The lowest BCUT2D eigenvalue weighted by molar-refractivity contribution is -0.128. The standard InChI is InChI=1S/C24H26N4O4/c1-32-21-9-5-2-6-17(21)15-28-23(30)20(27-24(28)31)10-11-22(29)25-13-12-16-14-26-19-8-4-3-7-18(16)19/h2-9,14,20,26H,10-13,15H2,1H3,(H,25,29)(H,27,31)/t20-/m0/s1. The van der Waals surface area contributed by atoms with Crippen LogP contribution in [-0.4, -0.2) is 47.4 Å². The van der Waals surface area contributed by atoms with Crippen LogP contribution >= 0.6 is 0 Å². The molecule has 1 aliphatic heterocycles. The quantitative estimate of drug-likeness (QED) is 0.451. The Kier molecular flexibility index (Phi) is 6.39. The van der Waals surface area contributed by atoms with Crippen molar-refractivity contribution < 1.29 is 19.1 Å². The van der Waals surface area contributed by atoms with E-state index in [-0.39, 0.29) is 31.2 Å². The van der Waals surface area contributed by atoms with Crippen molar-refractivity contribution in [3.05, 3.63) is 65.9 Å². The lowest BCUT2D eigenvalue weighted by atomic mass is 10.1. The van der Waals surface area contributed by atoms with E-state index in [1.54, 1.807) is 13.2 Å². The molecule has 3 N–H and O–H groups in total. The first-order valence-corrected chi connectivity index (χ1v) is 10.6. The van der Waals surface area contributed by atoms with Crippen LogP contribution in [0.4, 0.5) is 4.79 Å². The van der Waals surface area contributed by atoms with E-state index in [0.29, 0.717) is 18.7 Å². The monoisotopic (exact) mass is 434 g/mol. The summed E-state index contributed by atoms with van der Waals surface area (Å²) in [4.78, 5) is 41.6. The normalized spacial score (nSPS) is 15.8. The number of aromatic amines is 1. The van der Waals surface area contributed by atoms with Crippen molar-refractivity contribution in [1.29, 1.82) is 0 Å². The number of carbonyl (C=O) groups excluding carboxylic acids is 3. The molecule has 166 valence electrons. The van der Waals surface area contributed by atoms with Crippen molar-refractivity contribution in [3.63, 3.8) is 0 Å². The summed E-state index contributed by atoms with van der Waals surface area (Å²) in [5.74, 6) is 0.147. The summed E-state index contributed by atoms with van der Waals surface area (Å²) in [7, 11) is 1.55. The van der Waals surface area contributed by atoms with E-state index < -0.39 is 12.1 Å². The first-order valence-electron chi connectivity index (χ1n) is 10.6. The predicted octanol–water partition coefficient (Wildman–Crippen LogP) is 2.74. The molecular formula is C24H26N4O4. The Morgan fingerprint density at radius 2 is 1.88 bits per heavy atom. The van der Waals surface area contributed by atoms with Crippen LogP contribution in [0.2, 0.25) is 0 Å². The summed E-state index contributed by atoms with van der Waals surface area (Å²) in [6, 6.07) is 14.1. The number of ether oxygens (including phenoxy) is 1. The first kappa shape index (κ1) is 21.4. The Hall–Kier alpha value is -3.81. The average Bonchev–Trinajstić information content (AvgIpc) is 3.34. The Morgan fingerprint density at radius 1 is 1.09 bits per heavy atom. The minimum atomic E-state index is -0.698. The fourth-order valence-electron chi connectivity index (χ4n) is 3.97. The van der Waals surface area contributed by atoms with Gasteiger partial charge in [0.1, 0.15) is 11.8 Å². The Labute approximate surface area is 185 Å². The van der Waals surface area contributed by atoms with Crippen LogP contribution in [-0.2, 0) is 22.6 Å². The van der Waals surface area contributed by atoms with Crippen LogP contribution in [0, 0.1) is 0 Å². The van der Waals surface area contributed by atoms with Gasteiger partial charge in [-0.1, -0.05) is 36.4 Å². The van der Waals surface area contributed by atoms with Gasteiger partial charge < -0.3 is 20.4 Å². The molecule has 4 amide bonds. The lowest BCUT2D eigenvalue weighted by Crippen LogP contribution is -2.33. The van der Waals surface area contributed by atoms with E-state index >= 15 is 0 Å². The van der Waals surface area contributed by atoms with Crippen LogP contribution < -0.4 is 15.4 Å². The van der Waals surface area contributed by atoms with Crippen molar-refractivity contribution in [3.8, 4) is 5.75 Å². The van der Waals surface area contributed by atoms with Gasteiger partial charge in [-0.05, 0) is 30.5 Å². The molecule has 0 unspecified atom stereocenters. The molecule has 0 radical (unpaired) electrons. The molecule has 1 fully saturated rings. The summed E-state index contributed by atoms with van der Waals surface area (Å²) in [5, 5.41) is 6.72. The van der Waals surface area contributed by atoms with E-state index in [1.807, 2.05) is 48.7 Å². The molecule has 0 spiro atoms. The van der Waals surface area contributed by atoms with Gasteiger partial charge in [-0.25, -0.2) is 4.79 Å². The van der Waals surface area contributed by atoms with Gasteiger partial charge in [0.25, 0.3) is 5.91 Å². The summed E-state index contributed by atoms with van der Waals surface area (Å²) < 4.78 is 5.30. The number of benzene rings is 2. The molecule has 1 atom stereocenters. The lowest BCUT2D eigenvalue weighted by Gasteiger charge is -2.15. The topological polar surface area (TPSA) is 104 Å². The number of urea groups is 1. The highest BCUT2D eigenvalue weighted by molar-refractivity contribution is 6.04. The maximum atomic E-state index is 12.7. The number of H-pyrrole nitrogens is 1. The van der Waals surface area contributed by atoms with Crippen molar-refractivity contribution in [2.45, 2.75) is 31.8 Å². The second-order valence-corrected chi connectivity index (χ2v) is 7.74. The van der Waals surface area contributed by atoms with Gasteiger partial charge in [-0.15, -0.1) is 0 Å². The number of fused-ring (bicyclic) bond motifs is 1. The van der Waals surface area contributed by atoms with Crippen molar-refractivity contribution in [1.82, 2.24) is 20.5 Å². The average molecular weight is 434 g/mol. The largest absolute Gasteiger partial charge is 0.496 e. The zero-order chi connectivity index (χ0) is 22.5. The molecule has 0 aliphatic carbocycles. The molecular weight excluding hydrogens is 408 g/mol. The van der Waals surface area contributed by atoms with Gasteiger partial charge in [0.05, 0.1) is 13.7 Å². The molecule has 32 heavy (non-hydrogen) atoms. The third-order valence-electron chi connectivity index (χ3n) is 5.68. The molecule has 0 bridgehead atoms. The number of aromatic nitrogens is 1. The van der Waals surface area contributed by atoms with Crippen LogP contribution in [0.5, 0.6) is 5.75 Å². The van der Waals surface area contributed by atoms with Gasteiger partial charge in [0.15, 0.2) is 0 Å². The number of imide groups is 1. The number of para-hydroxylation sites is 2. The summed E-state index contributed by atoms with van der Waals surface area (Å²) in [6.07, 6.45) is 3.08. The molecule has 1 aliphatic rings. The molecule has 2 heterocycles. The number of nitrogens with zero attached hydrogens (tertiary/aromatic N) is 1. The van der Waals surface area contributed by atoms with Gasteiger partial charge in [0, 0.05) is 35.6 Å². The van der Waals surface area contributed by atoms with Crippen molar-refractivity contribution in [2.24, 2.45) is 0 Å². The molecule has 8 heteroatoms. The van der Waals surface area contributed by atoms with Gasteiger partial charge >= 0.3 is 6.03 Å². The van der Waals surface area contributed by atoms with Crippen LogP contribution in [0.15, 0.2) is 54.7 Å². The zero-order valence-electron chi connectivity index (χ0n) is 17.9. The number of hydrogen-bond acceptors (Lipinski definition) is 4. The number of methoxy groups -OCH3 is 1. The Morgan fingerprint density at radius 3 is 2.72 bits per heavy atom. The Bertz CT molecular complexity index is 1140. The van der Waals surface area contributed by atoms with Gasteiger partial charge in [-0.2, -0.15) is 0 Å². The van der Waals surface area contributed by atoms with E-state index in [9.17, 15) is 14.4 Å². The summed E-state index contributed by atoms with van der Waals surface area (Å²) in [6.45, 7) is 0.633. The molecule has 8 nitrogen and oxygen atoms in total. The summed E-state index contributed by atoms with van der Waals surface area (Å²) in [5.41, 5.74) is 2.96. The molecule has 3 aromatic rings. The molecule has 2 aromatic carbocycles. The van der Waals surface area contributed by atoms with E-state index in [2.05, 4.69) is 15.6 Å². The van der Waals surface area contributed by atoms with Gasteiger partial charge in [0.2, 0.25) is 5.91 Å². The van der Waals surface area contributed by atoms with Gasteiger partial charge in [-0.3, -0.25) is 14.5 Å². The second-order valence-electron chi connectivity index (χ2n) is 7.74. The maximum absolute atomic E-state index is 12.7. The fraction of sp³-hybridized carbons (Fsp3) is 0.292. The number of carbonyl (C=O) groups is 3. The minimum Gasteiger partial charge on any atom is -0.496 e. The second kappa shape index (κ2) is 9.55. The molecule has 4 rings (SSSR count). The Balaban J connectivity index is 1.25. The molecule has 0 saturated carbocycles. The highest BCUT2D eigenvalue weighted by Gasteiger charge is 2.38. The van der Waals surface area contributed by atoms with E-state index in [1.165, 1.54) is 0 Å². The zero-order valence-corrected chi connectivity index (χ0v) is 17.9. The van der Waals surface area contributed by atoms with Crippen LogP contribution in [0.3, 0.4) is 0 Å².